The molecule has 2 aliphatic rings. The number of nitrogens with zero attached hydrogens (tertiary/aromatic N) is 1. The van der Waals surface area contributed by atoms with Gasteiger partial charge in [0.05, 0.1) is 5.25 Å². The van der Waals surface area contributed by atoms with Gasteiger partial charge in [0.2, 0.25) is 10.0 Å². The Morgan fingerprint density at radius 2 is 1.76 bits per heavy atom. The van der Waals surface area contributed by atoms with Crippen LogP contribution >= 0.6 is 24.8 Å². The van der Waals surface area contributed by atoms with E-state index < -0.39 is 10.0 Å². The van der Waals surface area contributed by atoms with Gasteiger partial charge in [-0.15, -0.1) is 24.8 Å². The van der Waals surface area contributed by atoms with E-state index in [0.717, 1.165) is 45.6 Å². The number of nitrogens with one attached hydrogen (secondary N) is 2. The molecule has 1 aliphatic carbocycles. The zero-order valence-electron chi connectivity index (χ0n) is 9.72. The highest BCUT2D eigenvalue weighted by Crippen LogP contribution is 2.27. The van der Waals surface area contributed by atoms with E-state index >= 15 is 0 Å². The molecule has 0 spiro atoms. The SMILES string of the molecule is Cl.Cl.O=S(=O)(NCCN1CCNCC1)C1CC1. The van der Waals surface area contributed by atoms with Crippen molar-refractivity contribution in [3.63, 3.8) is 0 Å². The molecular weight excluding hydrogens is 285 g/mol. The molecule has 17 heavy (non-hydrogen) atoms. The Kier molecular flexibility index (Phi) is 7.95. The Morgan fingerprint density at radius 3 is 2.29 bits per heavy atom. The zero-order chi connectivity index (χ0) is 10.7. The summed E-state index contributed by atoms with van der Waals surface area (Å²) in [6, 6.07) is 0. The number of sulfonamides is 1. The molecule has 1 aliphatic heterocycles. The quantitative estimate of drug-likeness (QED) is 0.739. The molecular formula is C9H21Cl2N3O2S. The fraction of sp³-hybridized carbons (Fsp3) is 1.00. The van der Waals surface area contributed by atoms with Crippen molar-refractivity contribution in [3.8, 4) is 0 Å². The highest BCUT2D eigenvalue weighted by atomic mass is 35.5. The van der Waals surface area contributed by atoms with Crippen molar-refractivity contribution >= 4 is 34.8 Å². The molecule has 2 rings (SSSR count). The Bertz CT molecular complexity index is 303. The summed E-state index contributed by atoms with van der Waals surface area (Å²) >= 11 is 0. The molecule has 1 saturated carbocycles. The molecule has 2 N–H and O–H groups in total. The Balaban J connectivity index is 0.00000128. The van der Waals surface area contributed by atoms with Crippen molar-refractivity contribution in [1.82, 2.24) is 14.9 Å². The van der Waals surface area contributed by atoms with E-state index in [0.29, 0.717) is 6.54 Å². The van der Waals surface area contributed by atoms with Gasteiger partial charge in [-0.1, -0.05) is 0 Å². The lowest BCUT2D eigenvalue weighted by Crippen LogP contribution is -2.46. The molecule has 0 aromatic heterocycles. The normalized spacial score (nSPS) is 21.4. The predicted octanol–water partition coefficient (Wildman–Crippen LogP) is -0.183. The summed E-state index contributed by atoms with van der Waals surface area (Å²) in [7, 11) is -2.98. The van der Waals surface area contributed by atoms with Gasteiger partial charge in [0.25, 0.3) is 0 Å². The topological polar surface area (TPSA) is 61.4 Å². The predicted molar refractivity (Wildman–Crippen MR) is 73.8 cm³/mol. The first-order valence-corrected chi connectivity index (χ1v) is 7.15. The Hall–Kier alpha value is 0.410. The summed E-state index contributed by atoms with van der Waals surface area (Å²) in [6.07, 6.45) is 1.67. The molecule has 8 heteroatoms. The van der Waals surface area contributed by atoms with Crippen LogP contribution in [-0.4, -0.2) is 57.8 Å². The van der Waals surface area contributed by atoms with Crippen molar-refractivity contribution < 1.29 is 8.42 Å². The van der Waals surface area contributed by atoms with Crippen LogP contribution in [0.2, 0.25) is 0 Å². The minimum Gasteiger partial charge on any atom is -0.314 e. The second kappa shape index (κ2) is 7.76. The molecule has 1 heterocycles. The first kappa shape index (κ1) is 17.4. The van der Waals surface area contributed by atoms with E-state index in [-0.39, 0.29) is 30.1 Å². The van der Waals surface area contributed by atoms with Crippen molar-refractivity contribution in [2.24, 2.45) is 0 Å². The molecule has 0 aromatic carbocycles. The molecule has 0 amide bonds. The lowest BCUT2D eigenvalue weighted by Gasteiger charge is -2.27. The molecule has 2 fully saturated rings. The third-order valence-corrected chi connectivity index (χ3v) is 4.86. The highest BCUT2D eigenvalue weighted by molar-refractivity contribution is 7.90. The minimum atomic E-state index is -2.98. The standard InChI is InChI=1S/C9H19N3O2S.2ClH/c13-15(14,9-1-2-9)11-5-8-12-6-3-10-4-7-12;;/h9-11H,1-8H2;2*1H. The van der Waals surface area contributed by atoms with Crippen molar-refractivity contribution in [3.05, 3.63) is 0 Å². The molecule has 104 valence electrons. The maximum absolute atomic E-state index is 11.5. The van der Waals surface area contributed by atoms with E-state index in [1.807, 2.05) is 0 Å². The maximum Gasteiger partial charge on any atom is 0.214 e. The van der Waals surface area contributed by atoms with E-state index in [4.69, 9.17) is 0 Å². The van der Waals surface area contributed by atoms with Gasteiger partial charge in [-0.05, 0) is 12.8 Å². The average molecular weight is 306 g/mol. The fourth-order valence-corrected chi connectivity index (χ4v) is 3.15. The van der Waals surface area contributed by atoms with Gasteiger partial charge in [0.1, 0.15) is 0 Å². The second-order valence-corrected chi connectivity index (χ2v) is 6.28. The van der Waals surface area contributed by atoms with Gasteiger partial charge in [0, 0.05) is 39.3 Å². The van der Waals surface area contributed by atoms with Gasteiger partial charge < -0.3 is 5.32 Å². The summed E-state index contributed by atoms with van der Waals surface area (Å²) in [5, 5.41) is 3.17. The molecule has 0 aromatic rings. The van der Waals surface area contributed by atoms with E-state index in [1.54, 1.807) is 0 Å². The van der Waals surface area contributed by atoms with Gasteiger partial charge >= 0.3 is 0 Å². The van der Waals surface area contributed by atoms with Crippen molar-refractivity contribution in [2.75, 3.05) is 39.3 Å². The van der Waals surface area contributed by atoms with Crippen LogP contribution < -0.4 is 10.0 Å². The van der Waals surface area contributed by atoms with Crippen LogP contribution in [0.3, 0.4) is 0 Å². The van der Waals surface area contributed by atoms with Crippen LogP contribution in [0.1, 0.15) is 12.8 Å². The largest absolute Gasteiger partial charge is 0.314 e. The first-order chi connectivity index (χ1) is 7.18. The summed E-state index contributed by atoms with van der Waals surface area (Å²) < 4.78 is 25.7. The van der Waals surface area contributed by atoms with Crippen molar-refractivity contribution in [1.29, 1.82) is 0 Å². The summed E-state index contributed by atoms with van der Waals surface area (Å²) in [5.74, 6) is 0. The highest BCUT2D eigenvalue weighted by Gasteiger charge is 2.35. The summed E-state index contributed by atoms with van der Waals surface area (Å²) in [5.41, 5.74) is 0. The van der Waals surface area contributed by atoms with Gasteiger partial charge in [-0.3, -0.25) is 4.90 Å². The average Bonchev–Trinajstić information content (AvgIpc) is 3.02. The molecule has 0 radical (unpaired) electrons. The second-order valence-electron chi connectivity index (χ2n) is 4.23. The zero-order valence-corrected chi connectivity index (χ0v) is 12.2. The van der Waals surface area contributed by atoms with Gasteiger partial charge in [-0.25, -0.2) is 13.1 Å². The van der Waals surface area contributed by atoms with Crippen LogP contribution in [-0.2, 0) is 10.0 Å². The monoisotopic (exact) mass is 305 g/mol. The van der Waals surface area contributed by atoms with E-state index in [2.05, 4.69) is 14.9 Å². The van der Waals surface area contributed by atoms with Crippen LogP contribution in [0.25, 0.3) is 0 Å². The third kappa shape index (κ3) is 5.72. The molecule has 0 atom stereocenters. The van der Waals surface area contributed by atoms with Gasteiger partial charge in [-0.2, -0.15) is 0 Å². The summed E-state index contributed by atoms with van der Waals surface area (Å²) in [6.45, 7) is 5.44. The molecule has 0 bridgehead atoms. The van der Waals surface area contributed by atoms with Crippen molar-refractivity contribution in [2.45, 2.75) is 18.1 Å². The van der Waals surface area contributed by atoms with E-state index in [1.165, 1.54) is 0 Å². The molecule has 0 unspecified atom stereocenters. The maximum atomic E-state index is 11.5. The number of hydrogen-bond donors (Lipinski definition) is 2. The number of rotatable bonds is 5. The Labute approximate surface area is 116 Å². The molecule has 1 saturated heterocycles. The first-order valence-electron chi connectivity index (χ1n) is 5.60. The smallest absolute Gasteiger partial charge is 0.214 e. The number of piperazine rings is 1. The lowest BCUT2D eigenvalue weighted by atomic mass is 10.3. The van der Waals surface area contributed by atoms with Crippen LogP contribution in [0.4, 0.5) is 0 Å². The third-order valence-electron chi connectivity index (χ3n) is 2.90. The minimum absolute atomic E-state index is 0. The number of halogens is 2. The van der Waals surface area contributed by atoms with Gasteiger partial charge in [0.15, 0.2) is 0 Å². The Morgan fingerprint density at radius 1 is 1.18 bits per heavy atom. The lowest BCUT2D eigenvalue weighted by molar-refractivity contribution is 0.245. The summed E-state index contributed by atoms with van der Waals surface area (Å²) in [4.78, 5) is 2.28. The molecule has 5 nitrogen and oxygen atoms in total. The van der Waals surface area contributed by atoms with Crippen LogP contribution in [0, 0.1) is 0 Å². The fourth-order valence-electron chi connectivity index (χ4n) is 1.78. The van der Waals surface area contributed by atoms with Crippen LogP contribution in [0.5, 0.6) is 0 Å². The number of hydrogen-bond acceptors (Lipinski definition) is 4. The van der Waals surface area contributed by atoms with E-state index in [9.17, 15) is 8.42 Å². The van der Waals surface area contributed by atoms with Crippen LogP contribution in [0.15, 0.2) is 0 Å².